The molecule has 2 rings (SSSR count). The van der Waals surface area contributed by atoms with Crippen LogP contribution in [0.2, 0.25) is 0 Å². The van der Waals surface area contributed by atoms with Crippen molar-refractivity contribution in [3.63, 3.8) is 0 Å². The van der Waals surface area contributed by atoms with Gasteiger partial charge in [0.05, 0.1) is 0 Å². The number of rotatable bonds is 0. The molecule has 1 heterocycles. The Balaban J connectivity index is 1.93. The molecule has 0 amide bonds. The summed E-state index contributed by atoms with van der Waals surface area (Å²) in [6.45, 7) is 5.38. The maximum absolute atomic E-state index is 5.72. The number of ether oxygens (including phenoxy) is 4. The Morgan fingerprint density at radius 1 is 0.850 bits per heavy atom. The summed E-state index contributed by atoms with van der Waals surface area (Å²) in [5, 5.41) is 0. The van der Waals surface area contributed by atoms with E-state index in [2.05, 4.69) is 0 Å². The van der Waals surface area contributed by atoms with Gasteiger partial charge < -0.3 is 0 Å². The predicted octanol–water partition coefficient (Wildman–Crippen LogP) is -1.22. The van der Waals surface area contributed by atoms with Crippen LogP contribution in [0.25, 0.3) is 0 Å². The predicted molar refractivity (Wildman–Crippen MR) is 69.8 cm³/mol. The molecule has 0 N–H and O–H groups in total. The second-order valence-electron chi connectivity index (χ2n) is 4.20. The van der Waals surface area contributed by atoms with E-state index < -0.39 is 0 Å². The number of halogens is 1. The number of fused-ring (bicyclic) bond motifs is 1. The Labute approximate surface area is 130 Å². The van der Waals surface area contributed by atoms with Crippen molar-refractivity contribution in [2.45, 2.75) is 6.92 Å². The van der Waals surface area contributed by atoms with Crippen LogP contribution in [0.3, 0.4) is 0 Å². The molecule has 5 nitrogen and oxygen atoms in total. The van der Waals surface area contributed by atoms with Crippen LogP contribution >= 0.6 is 0 Å². The van der Waals surface area contributed by atoms with Gasteiger partial charge in [-0.15, -0.1) is 0 Å². The summed E-state index contributed by atoms with van der Waals surface area (Å²) < 4.78 is 28.5. The summed E-state index contributed by atoms with van der Waals surface area (Å²) in [5.74, 6) is 1.51. The molecule has 0 aliphatic carbocycles. The Bertz CT molecular complexity index is 399. The Hall–Kier alpha value is -0.570. The molecule has 0 radical (unpaired) electrons. The van der Waals surface area contributed by atoms with E-state index in [0.29, 0.717) is 44.3 Å². The number of alkyl halides is 1. The summed E-state index contributed by atoms with van der Waals surface area (Å²) in [7, 11) is 0. The fourth-order valence-electron chi connectivity index (χ4n) is 1.63. The van der Waals surface area contributed by atoms with Crippen molar-refractivity contribution in [2.75, 3.05) is 44.3 Å². The van der Waals surface area contributed by atoms with Crippen molar-refractivity contribution in [2.24, 2.45) is 0 Å². The van der Waals surface area contributed by atoms with Gasteiger partial charge in [-0.3, -0.25) is 0 Å². The van der Waals surface area contributed by atoms with E-state index in [1.54, 1.807) is 0 Å². The van der Waals surface area contributed by atoms with Gasteiger partial charge in [-0.2, -0.15) is 0 Å². The summed E-state index contributed by atoms with van der Waals surface area (Å²) in [4.78, 5) is 0. The first-order valence-electron chi connectivity index (χ1n) is 6.59. The van der Waals surface area contributed by atoms with Gasteiger partial charge in [0.25, 0.3) is 0 Å². The van der Waals surface area contributed by atoms with E-state index in [1.165, 1.54) is 0 Å². The first kappa shape index (κ1) is 15.8. The van der Waals surface area contributed by atoms with E-state index in [-0.39, 0.29) is 21.6 Å². The van der Waals surface area contributed by atoms with E-state index in [9.17, 15) is 0 Å². The van der Waals surface area contributed by atoms with Crippen LogP contribution in [0.1, 0.15) is 5.56 Å². The van der Waals surface area contributed by atoms with Crippen LogP contribution in [0.15, 0.2) is 18.2 Å². The molecule has 1 aromatic carbocycles. The average Bonchev–Trinajstić information content (AvgIpc) is 2.45. The van der Waals surface area contributed by atoms with Gasteiger partial charge in [-0.25, -0.2) is 0 Å². The third kappa shape index (κ3) is 5.82. The molecule has 0 unspecified atom stereocenters. The molecule has 114 valence electrons. The van der Waals surface area contributed by atoms with Gasteiger partial charge in [0.15, 0.2) is 0 Å². The molecule has 0 bridgehead atoms. The van der Waals surface area contributed by atoms with Crippen LogP contribution in [-0.4, -0.2) is 44.3 Å². The molecule has 0 aromatic heterocycles. The Morgan fingerprint density at radius 3 is 2.50 bits per heavy atom. The molecule has 1 aliphatic rings. The van der Waals surface area contributed by atoms with Crippen LogP contribution in [-0.2, 0) is 12.5 Å². The minimum absolute atomic E-state index is 0.351. The molecule has 0 spiro atoms. The molecule has 0 saturated carbocycles. The van der Waals surface area contributed by atoms with Crippen molar-refractivity contribution in [3.05, 3.63) is 23.8 Å². The van der Waals surface area contributed by atoms with Crippen LogP contribution in [0, 0.1) is 6.92 Å². The van der Waals surface area contributed by atoms with Crippen molar-refractivity contribution >= 4 is 0 Å². The van der Waals surface area contributed by atoms with Crippen molar-refractivity contribution in [1.29, 1.82) is 0 Å². The van der Waals surface area contributed by atoms with Crippen LogP contribution in [0.5, 0.6) is 11.5 Å². The van der Waals surface area contributed by atoms with Crippen molar-refractivity contribution in [3.8, 4) is 11.5 Å². The third-order valence-electron chi connectivity index (χ3n) is 2.57. The molecular formula is C14H20IO5-. The number of hydrogen-bond donors (Lipinski definition) is 0. The molecule has 1 aliphatic heterocycles. The van der Waals surface area contributed by atoms with Gasteiger partial charge in [0, 0.05) is 0 Å². The monoisotopic (exact) mass is 395 g/mol. The number of benzene rings is 1. The van der Waals surface area contributed by atoms with E-state index in [0.717, 1.165) is 17.1 Å². The molecule has 0 fully saturated rings. The summed E-state index contributed by atoms with van der Waals surface area (Å²) in [6.07, 6.45) is 0. The normalized spacial score (nSPS) is 19.2. The summed E-state index contributed by atoms with van der Waals surface area (Å²) >= 11 is -0.351. The van der Waals surface area contributed by atoms with Gasteiger partial charge in [0.1, 0.15) is 0 Å². The molecule has 6 heteroatoms. The molecule has 0 saturated heterocycles. The minimum atomic E-state index is -0.351. The van der Waals surface area contributed by atoms with E-state index >= 15 is 0 Å². The first-order valence-corrected chi connectivity index (χ1v) is 8.99. The van der Waals surface area contributed by atoms with Gasteiger partial charge in [-0.1, -0.05) is 0 Å². The van der Waals surface area contributed by atoms with E-state index in [4.69, 9.17) is 22.0 Å². The second-order valence-corrected chi connectivity index (χ2v) is 6.07. The zero-order valence-electron chi connectivity index (χ0n) is 11.6. The first-order chi connectivity index (χ1) is 9.86. The topological polar surface area (TPSA) is 46.2 Å². The zero-order chi connectivity index (χ0) is 14.0. The van der Waals surface area contributed by atoms with Crippen molar-refractivity contribution < 1.29 is 43.6 Å². The fourth-order valence-corrected chi connectivity index (χ4v) is 2.80. The van der Waals surface area contributed by atoms with Gasteiger partial charge >= 0.3 is 130 Å². The third-order valence-corrected chi connectivity index (χ3v) is 4.15. The maximum atomic E-state index is 5.72. The standard InChI is InChI=1S/C14H20IO5/c1-12-2-3-13-14(10-12)19-7-4-16-6-9-20-15-11-17-5-8-18-13/h2-3,10H,4-9,11H2,1H3/q-1. The van der Waals surface area contributed by atoms with Crippen LogP contribution in [0.4, 0.5) is 0 Å². The number of aryl methyl sites for hydroxylation is 1. The van der Waals surface area contributed by atoms with Gasteiger partial charge in [0.2, 0.25) is 0 Å². The molecule has 0 atom stereocenters. The Kier molecular flexibility index (Phi) is 7.42. The fraction of sp³-hybridized carbons (Fsp3) is 0.571. The van der Waals surface area contributed by atoms with Gasteiger partial charge in [-0.05, 0) is 0 Å². The quantitative estimate of drug-likeness (QED) is 0.407. The Morgan fingerprint density at radius 2 is 1.60 bits per heavy atom. The number of hydrogen-bond acceptors (Lipinski definition) is 5. The van der Waals surface area contributed by atoms with E-state index in [1.807, 2.05) is 25.1 Å². The molecular weight excluding hydrogens is 375 g/mol. The van der Waals surface area contributed by atoms with Crippen LogP contribution < -0.4 is 31.1 Å². The second kappa shape index (κ2) is 9.38. The molecule has 20 heavy (non-hydrogen) atoms. The molecule has 1 aromatic rings. The average molecular weight is 395 g/mol. The van der Waals surface area contributed by atoms with Crippen molar-refractivity contribution in [1.82, 2.24) is 0 Å². The summed E-state index contributed by atoms with van der Waals surface area (Å²) in [6, 6.07) is 5.91. The SMILES string of the molecule is Cc1ccc2c(c1)OCCOCCO[I-]COCCO2. The summed E-state index contributed by atoms with van der Waals surface area (Å²) in [5.41, 5.74) is 1.14. The zero-order valence-corrected chi connectivity index (χ0v) is 13.8.